The van der Waals surface area contributed by atoms with E-state index in [1.165, 1.54) is 28.8 Å². The van der Waals surface area contributed by atoms with Crippen LogP contribution in [-0.2, 0) is 4.84 Å². The molecule has 0 fully saturated rings. The number of nitrogens with zero attached hydrogens (tertiary/aromatic N) is 3. The number of aryl methyl sites for hydroxylation is 3. The summed E-state index contributed by atoms with van der Waals surface area (Å²) < 4.78 is 0. The van der Waals surface area contributed by atoms with E-state index in [4.69, 9.17) is 4.84 Å². The number of nitro benzene ring substituents is 1. The molecule has 25 heavy (non-hydrogen) atoms. The Bertz CT molecular complexity index is 847. The third-order valence-corrected chi connectivity index (χ3v) is 4.11. The first-order valence-corrected chi connectivity index (χ1v) is 8.03. The fraction of sp³-hybridized carbons (Fsp3) is 0.263. The molecule has 0 aromatic heterocycles. The molecule has 3 rings (SSSR count). The van der Waals surface area contributed by atoms with Crippen LogP contribution in [0.1, 0.15) is 28.7 Å². The van der Waals surface area contributed by atoms with Crippen molar-refractivity contribution < 1.29 is 9.76 Å². The maximum absolute atomic E-state index is 10.7. The fourth-order valence-electron chi connectivity index (χ4n) is 3.09. The predicted molar refractivity (Wildman–Crippen MR) is 97.9 cm³/mol. The SMILES string of the molecule is Cc1cc(C)c(C2=NO[C@@H](C=Nc3ccc([N+](=O)[O-])cc3)C2)c(C)c1. The van der Waals surface area contributed by atoms with Gasteiger partial charge in [0.05, 0.1) is 16.3 Å². The summed E-state index contributed by atoms with van der Waals surface area (Å²) in [5.74, 6) is 0. The Balaban J connectivity index is 1.69. The van der Waals surface area contributed by atoms with Crippen LogP contribution in [-0.4, -0.2) is 23.0 Å². The lowest BCUT2D eigenvalue weighted by Crippen LogP contribution is -2.11. The van der Waals surface area contributed by atoms with Gasteiger partial charge in [0.25, 0.3) is 5.69 Å². The highest BCUT2D eigenvalue weighted by Crippen LogP contribution is 2.24. The van der Waals surface area contributed by atoms with Crippen molar-refractivity contribution in [1.82, 2.24) is 0 Å². The minimum Gasteiger partial charge on any atom is -0.386 e. The first kappa shape index (κ1) is 16.8. The molecule has 1 atom stereocenters. The molecule has 0 spiro atoms. The van der Waals surface area contributed by atoms with Crippen LogP contribution in [0.2, 0.25) is 0 Å². The summed E-state index contributed by atoms with van der Waals surface area (Å²) in [7, 11) is 0. The summed E-state index contributed by atoms with van der Waals surface area (Å²) in [6.45, 7) is 6.24. The van der Waals surface area contributed by atoms with Crippen molar-refractivity contribution in [2.45, 2.75) is 33.3 Å². The van der Waals surface area contributed by atoms with Crippen molar-refractivity contribution in [2.24, 2.45) is 10.1 Å². The Morgan fingerprint density at radius 3 is 2.44 bits per heavy atom. The molecule has 0 aliphatic carbocycles. The van der Waals surface area contributed by atoms with Gasteiger partial charge in [0, 0.05) is 30.3 Å². The summed E-state index contributed by atoms with van der Waals surface area (Å²) in [5.41, 5.74) is 6.36. The van der Waals surface area contributed by atoms with Gasteiger partial charge in [-0.1, -0.05) is 22.9 Å². The van der Waals surface area contributed by atoms with Gasteiger partial charge in [-0.15, -0.1) is 0 Å². The minimum atomic E-state index is -0.431. The first-order chi connectivity index (χ1) is 11.9. The zero-order chi connectivity index (χ0) is 18.0. The van der Waals surface area contributed by atoms with Crippen molar-refractivity contribution in [2.75, 3.05) is 0 Å². The zero-order valence-corrected chi connectivity index (χ0v) is 14.4. The Kier molecular flexibility index (Phi) is 4.61. The molecular weight excluding hydrogens is 318 g/mol. The molecule has 0 amide bonds. The highest BCUT2D eigenvalue weighted by Gasteiger charge is 2.23. The summed E-state index contributed by atoms with van der Waals surface area (Å²) in [6.07, 6.45) is 2.11. The number of hydrogen-bond donors (Lipinski definition) is 0. The normalized spacial score (nSPS) is 16.8. The highest BCUT2D eigenvalue weighted by atomic mass is 16.6. The van der Waals surface area contributed by atoms with E-state index in [-0.39, 0.29) is 11.8 Å². The lowest BCUT2D eigenvalue weighted by molar-refractivity contribution is -0.384. The van der Waals surface area contributed by atoms with E-state index in [0.717, 1.165) is 11.3 Å². The molecule has 0 N–H and O–H groups in total. The number of benzene rings is 2. The molecule has 0 radical (unpaired) electrons. The third kappa shape index (κ3) is 3.74. The van der Waals surface area contributed by atoms with Gasteiger partial charge >= 0.3 is 0 Å². The zero-order valence-electron chi connectivity index (χ0n) is 14.4. The predicted octanol–water partition coefficient (Wildman–Crippen LogP) is 4.42. The quantitative estimate of drug-likeness (QED) is 0.471. The number of hydrogen-bond acceptors (Lipinski definition) is 5. The fourth-order valence-corrected chi connectivity index (χ4v) is 3.09. The van der Waals surface area contributed by atoms with Crippen molar-refractivity contribution >= 4 is 23.3 Å². The van der Waals surface area contributed by atoms with Gasteiger partial charge in [-0.3, -0.25) is 15.1 Å². The lowest BCUT2D eigenvalue weighted by Gasteiger charge is -2.10. The van der Waals surface area contributed by atoms with E-state index in [9.17, 15) is 10.1 Å². The molecule has 0 saturated heterocycles. The van der Waals surface area contributed by atoms with Crippen LogP contribution in [0.15, 0.2) is 46.5 Å². The van der Waals surface area contributed by atoms with Crippen LogP contribution in [0.3, 0.4) is 0 Å². The highest BCUT2D eigenvalue weighted by molar-refractivity contribution is 6.05. The number of aliphatic imine (C=N–C) groups is 1. The van der Waals surface area contributed by atoms with Crippen LogP contribution in [0.4, 0.5) is 11.4 Å². The molecule has 6 heteroatoms. The number of nitro groups is 1. The topological polar surface area (TPSA) is 77.1 Å². The average molecular weight is 337 g/mol. The van der Waals surface area contributed by atoms with E-state index in [1.807, 2.05) is 0 Å². The maximum Gasteiger partial charge on any atom is 0.269 e. The lowest BCUT2D eigenvalue weighted by atomic mass is 9.94. The summed E-state index contributed by atoms with van der Waals surface area (Å²) in [4.78, 5) is 20.0. The second-order valence-corrected chi connectivity index (χ2v) is 6.21. The van der Waals surface area contributed by atoms with Crippen molar-refractivity contribution in [3.05, 3.63) is 68.8 Å². The molecule has 0 saturated carbocycles. The minimum absolute atomic E-state index is 0.0482. The number of rotatable bonds is 4. The summed E-state index contributed by atoms with van der Waals surface area (Å²) >= 11 is 0. The monoisotopic (exact) mass is 337 g/mol. The molecule has 0 bridgehead atoms. The molecule has 6 nitrogen and oxygen atoms in total. The average Bonchev–Trinajstić information content (AvgIpc) is 3.01. The van der Waals surface area contributed by atoms with Crippen LogP contribution in [0.25, 0.3) is 0 Å². The summed E-state index contributed by atoms with van der Waals surface area (Å²) in [5, 5.41) is 14.9. The molecule has 1 aliphatic heterocycles. The van der Waals surface area contributed by atoms with Crippen molar-refractivity contribution in [1.29, 1.82) is 0 Å². The smallest absolute Gasteiger partial charge is 0.269 e. The molecule has 1 heterocycles. The Hall–Kier alpha value is -3.02. The Morgan fingerprint density at radius 1 is 1.20 bits per heavy atom. The molecular formula is C19H19N3O3. The van der Waals surface area contributed by atoms with Gasteiger partial charge in [-0.05, 0) is 44.0 Å². The maximum atomic E-state index is 10.7. The standard InChI is InChI=1S/C19H19N3O3/c1-12-8-13(2)19(14(3)9-12)18-10-17(25-21-18)11-20-15-4-6-16(7-5-15)22(23)24/h4-9,11,17H,10H2,1-3H3/t17-/m1/s1. The second-order valence-electron chi connectivity index (χ2n) is 6.21. The van der Waals surface area contributed by atoms with E-state index in [2.05, 4.69) is 43.1 Å². The van der Waals surface area contributed by atoms with Gasteiger partial charge in [-0.25, -0.2) is 0 Å². The second kappa shape index (κ2) is 6.84. The van der Waals surface area contributed by atoms with Gasteiger partial charge in [0.15, 0.2) is 6.10 Å². The molecule has 2 aromatic carbocycles. The van der Waals surface area contributed by atoms with Crippen LogP contribution in [0.5, 0.6) is 0 Å². The van der Waals surface area contributed by atoms with Gasteiger partial charge in [-0.2, -0.15) is 0 Å². The molecule has 128 valence electrons. The van der Waals surface area contributed by atoms with Gasteiger partial charge < -0.3 is 4.84 Å². The van der Waals surface area contributed by atoms with Gasteiger partial charge in [0.1, 0.15) is 0 Å². The van der Waals surface area contributed by atoms with E-state index >= 15 is 0 Å². The van der Waals surface area contributed by atoms with E-state index < -0.39 is 4.92 Å². The van der Waals surface area contributed by atoms with Crippen LogP contribution in [0, 0.1) is 30.9 Å². The summed E-state index contributed by atoms with van der Waals surface area (Å²) in [6, 6.07) is 10.4. The molecule has 2 aromatic rings. The molecule has 0 unspecified atom stereocenters. The van der Waals surface area contributed by atoms with Crippen LogP contribution < -0.4 is 0 Å². The molecule has 1 aliphatic rings. The van der Waals surface area contributed by atoms with Gasteiger partial charge in [0.2, 0.25) is 0 Å². The van der Waals surface area contributed by atoms with E-state index in [0.29, 0.717) is 12.1 Å². The Morgan fingerprint density at radius 2 is 1.84 bits per heavy atom. The third-order valence-electron chi connectivity index (χ3n) is 4.11. The van der Waals surface area contributed by atoms with Crippen LogP contribution >= 0.6 is 0 Å². The number of oxime groups is 1. The van der Waals surface area contributed by atoms with Crippen molar-refractivity contribution in [3.63, 3.8) is 0 Å². The number of non-ortho nitro benzene ring substituents is 1. The van der Waals surface area contributed by atoms with Crippen molar-refractivity contribution in [3.8, 4) is 0 Å². The van der Waals surface area contributed by atoms with E-state index in [1.54, 1.807) is 18.3 Å². The first-order valence-electron chi connectivity index (χ1n) is 8.03. The largest absolute Gasteiger partial charge is 0.386 e. The Labute approximate surface area is 146 Å².